The second kappa shape index (κ2) is 10.5. The molecule has 0 spiro atoms. The number of nitrogens with zero attached hydrogens (tertiary/aromatic N) is 1. The Morgan fingerprint density at radius 3 is 2.29 bits per heavy atom. The molecule has 2 aromatic rings. The van der Waals surface area contributed by atoms with Gasteiger partial charge in [-0.3, -0.25) is 4.79 Å². The van der Waals surface area contributed by atoms with Crippen molar-refractivity contribution in [3.8, 4) is 17.2 Å². The van der Waals surface area contributed by atoms with Crippen molar-refractivity contribution in [3.63, 3.8) is 0 Å². The summed E-state index contributed by atoms with van der Waals surface area (Å²) in [7, 11) is 0.630. The van der Waals surface area contributed by atoms with Crippen molar-refractivity contribution in [2.24, 2.45) is 0 Å². The van der Waals surface area contributed by atoms with Crippen LogP contribution in [0.25, 0.3) is 0 Å². The second-order valence-electron chi connectivity index (χ2n) is 7.03. The number of carbonyl (C=O) groups is 1. The fourth-order valence-electron chi connectivity index (χ4n) is 3.06. The maximum absolute atomic E-state index is 12.9. The predicted octanol–water partition coefficient (Wildman–Crippen LogP) is 2.91. The van der Waals surface area contributed by atoms with Gasteiger partial charge in [0.05, 0.1) is 38.3 Å². The van der Waals surface area contributed by atoms with Gasteiger partial charge in [-0.2, -0.15) is 4.31 Å². The summed E-state index contributed by atoms with van der Waals surface area (Å²) in [5.74, 6) is 1.34. The average Bonchev–Trinajstić information content (AvgIpc) is 2.74. The fraction of sp³-hybridized carbons (Fsp3) is 0.409. The number of carbonyl (C=O) groups excluding carboxylic acids is 1. The van der Waals surface area contributed by atoms with Gasteiger partial charge in [0.15, 0.2) is 11.5 Å². The Morgan fingerprint density at radius 1 is 1.06 bits per heavy atom. The van der Waals surface area contributed by atoms with E-state index in [4.69, 9.17) is 14.2 Å². The molecule has 1 N–H and O–H groups in total. The lowest BCUT2D eigenvalue weighted by Crippen LogP contribution is -2.39. The van der Waals surface area contributed by atoms with E-state index in [1.165, 1.54) is 20.2 Å². The van der Waals surface area contributed by atoms with Crippen molar-refractivity contribution in [1.29, 1.82) is 0 Å². The smallest absolute Gasteiger partial charge is 0.243 e. The number of methoxy groups -OCH3 is 2. The quantitative estimate of drug-likeness (QED) is 0.598. The molecule has 1 amide bonds. The molecule has 0 aliphatic heterocycles. The number of rotatable bonds is 10. The van der Waals surface area contributed by atoms with Crippen LogP contribution in [0.3, 0.4) is 0 Å². The summed E-state index contributed by atoms with van der Waals surface area (Å²) in [4.78, 5) is 12.6. The molecule has 31 heavy (non-hydrogen) atoms. The summed E-state index contributed by atoms with van der Waals surface area (Å²) < 4.78 is 42.7. The summed E-state index contributed by atoms with van der Waals surface area (Å²) in [5, 5.41) is 2.82. The van der Waals surface area contributed by atoms with E-state index in [1.54, 1.807) is 38.3 Å². The molecule has 2 aromatic carbocycles. The standard InChI is InChI=1S/C22H30N2O6S/c1-7-30-19-11-9-18(12-15(19)2)31(26,27)24(4)14-22(25)23-16(3)17-8-10-20(28-5)21(13-17)29-6/h8-13,16H,7,14H2,1-6H3,(H,23,25)/t16-/m0/s1. The highest BCUT2D eigenvalue weighted by atomic mass is 32.2. The SMILES string of the molecule is CCOc1ccc(S(=O)(=O)N(C)CC(=O)N[C@@H](C)c2ccc(OC)c(OC)c2)cc1C. The van der Waals surface area contributed by atoms with E-state index in [-0.39, 0.29) is 17.5 Å². The molecule has 1 atom stereocenters. The topological polar surface area (TPSA) is 94.2 Å². The van der Waals surface area contributed by atoms with Crippen LogP contribution in [0.15, 0.2) is 41.3 Å². The van der Waals surface area contributed by atoms with Gasteiger partial charge in [-0.1, -0.05) is 6.07 Å². The molecule has 0 saturated heterocycles. The summed E-state index contributed by atoms with van der Waals surface area (Å²) in [6.07, 6.45) is 0. The summed E-state index contributed by atoms with van der Waals surface area (Å²) in [5.41, 5.74) is 1.52. The highest BCUT2D eigenvalue weighted by Gasteiger charge is 2.24. The van der Waals surface area contributed by atoms with Gasteiger partial charge in [0.1, 0.15) is 5.75 Å². The number of hydrogen-bond acceptors (Lipinski definition) is 6. The Labute approximate surface area is 184 Å². The van der Waals surface area contributed by atoms with E-state index in [2.05, 4.69) is 5.32 Å². The fourth-order valence-corrected chi connectivity index (χ4v) is 4.27. The van der Waals surface area contributed by atoms with Crippen LogP contribution in [0.5, 0.6) is 17.2 Å². The number of amides is 1. The van der Waals surface area contributed by atoms with Crippen LogP contribution in [0.2, 0.25) is 0 Å². The number of sulfonamides is 1. The molecule has 0 fully saturated rings. The number of nitrogens with one attached hydrogen (secondary N) is 1. The molecule has 9 heteroatoms. The van der Waals surface area contributed by atoms with Crippen LogP contribution in [-0.2, 0) is 14.8 Å². The van der Waals surface area contributed by atoms with E-state index in [1.807, 2.05) is 19.9 Å². The van der Waals surface area contributed by atoms with Gasteiger partial charge in [-0.25, -0.2) is 8.42 Å². The lowest BCUT2D eigenvalue weighted by atomic mass is 10.1. The van der Waals surface area contributed by atoms with Gasteiger partial charge in [-0.15, -0.1) is 0 Å². The third kappa shape index (κ3) is 5.89. The van der Waals surface area contributed by atoms with Crippen molar-refractivity contribution in [1.82, 2.24) is 9.62 Å². The van der Waals surface area contributed by atoms with Crippen molar-refractivity contribution in [2.45, 2.75) is 31.7 Å². The zero-order valence-electron chi connectivity index (χ0n) is 18.8. The first-order valence-corrected chi connectivity index (χ1v) is 11.3. The molecule has 0 radical (unpaired) electrons. The number of benzene rings is 2. The predicted molar refractivity (Wildman–Crippen MR) is 118 cm³/mol. The molecule has 0 saturated carbocycles. The monoisotopic (exact) mass is 450 g/mol. The third-order valence-corrected chi connectivity index (χ3v) is 6.61. The van der Waals surface area contributed by atoms with Crippen molar-refractivity contribution < 1.29 is 27.4 Å². The summed E-state index contributed by atoms with van der Waals surface area (Å²) in [6.45, 7) is 5.63. The van der Waals surface area contributed by atoms with Gasteiger partial charge < -0.3 is 19.5 Å². The van der Waals surface area contributed by atoms with Gasteiger partial charge in [0, 0.05) is 7.05 Å². The molecule has 170 valence electrons. The van der Waals surface area contributed by atoms with Gasteiger partial charge in [0.2, 0.25) is 15.9 Å². The van der Waals surface area contributed by atoms with Crippen LogP contribution >= 0.6 is 0 Å². The van der Waals surface area contributed by atoms with E-state index < -0.39 is 15.9 Å². The average molecular weight is 451 g/mol. The molecule has 0 aromatic heterocycles. The largest absolute Gasteiger partial charge is 0.494 e. The first-order chi connectivity index (χ1) is 14.6. The van der Waals surface area contributed by atoms with Gasteiger partial charge >= 0.3 is 0 Å². The van der Waals surface area contributed by atoms with Crippen molar-refractivity contribution >= 4 is 15.9 Å². The summed E-state index contributed by atoms with van der Waals surface area (Å²) in [6, 6.07) is 9.63. The maximum Gasteiger partial charge on any atom is 0.243 e. The normalized spacial score (nSPS) is 12.4. The zero-order valence-corrected chi connectivity index (χ0v) is 19.6. The minimum atomic E-state index is -3.83. The Balaban J connectivity index is 2.08. The molecule has 0 bridgehead atoms. The van der Waals surface area contributed by atoms with E-state index >= 15 is 0 Å². The highest BCUT2D eigenvalue weighted by molar-refractivity contribution is 7.89. The lowest BCUT2D eigenvalue weighted by Gasteiger charge is -2.20. The Kier molecular flexibility index (Phi) is 8.29. The minimum absolute atomic E-state index is 0.108. The maximum atomic E-state index is 12.9. The van der Waals surface area contributed by atoms with Gasteiger partial charge in [0.25, 0.3) is 0 Å². The molecule has 8 nitrogen and oxygen atoms in total. The van der Waals surface area contributed by atoms with Gasteiger partial charge in [-0.05, 0) is 62.2 Å². The lowest BCUT2D eigenvalue weighted by molar-refractivity contribution is -0.121. The van der Waals surface area contributed by atoms with Crippen LogP contribution in [0, 0.1) is 6.92 Å². The number of hydrogen-bond donors (Lipinski definition) is 1. The first-order valence-electron chi connectivity index (χ1n) is 9.85. The number of likely N-dealkylation sites (N-methyl/N-ethyl adjacent to an activating group) is 1. The second-order valence-corrected chi connectivity index (χ2v) is 9.07. The van der Waals surface area contributed by atoms with Crippen LogP contribution in [0.1, 0.15) is 31.0 Å². The molecular formula is C22H30N2O6S. The molecular weight excluding hydrogens is 420 g/mol. The first kappa shape index (κ1) is 24.5. The van der Waals surface area contributed by atoms with E-state index in [0.29, 0.717) is 29.4 Å². The van der Waals surface area contributed by atoms with Crippen molar-refractivity contribution in [3.05, 3.63) is 47.5 Å². The molecule has 2 rings (SSSR count). The molecule has 0 aliphatic rings. The van der Waals surface area contributed by atoms with Crippen LogP contribution in [-0.4, -0.2) is 53.0 Å². The van der Waals surface area contributed by atoms with Crippen LogP contribution < -0.4 is 19.5 Å². The van der Waals surface area contributed by atoms with Crippen LogP contribution in [0.4, 0.5) is 0 Å². The molecule has 0 heterocycles. The zero-order chi connectivity index (χ0) is 23.2. The highest BCUT2D eigenvalue weighted by Crippen LogP contribution is 2.30. The Bertz CT molecular complexity index is 1020. The Morgan fingerprint density at radius 2 is 1.71 bits per heavy atom. The number of aryl methyl sites for hydroxylation is 1. The van der Waals surface area contributed by atoms with Crippen molar-refractivity contribution in [2.75, 3.05) is 34.4 Å². The third-order valence-electron chi connectivity index (χ3n) is 4.81. The number of ether oxygens (including phenoxy) is 3. The van der Waals surface area contributed by atoms with E-state index in [0.717, 1.165) is 9.87 Å². The molecule has 0 aliphatic carbocycles. The summed E-state index contributed by atoms with van der Waals surface area (Å²) >= 11 is 0. The van der Waals surface area contributed by atoms with E-state index in [9.17, 15) is 13.2 Å². The molecule has 0 unspecified atom stereocenters. The Hall–Kier alpha value is -2.78. The minimum Gasteiger partial charge on any atom is -0.494 e.